The van der Waals surface area contributed by atoms with E-state index < -0.39 is 0 Å². The molecule has 32 heavy (non-hydrogen) atoms. The molecule has 2 aromatic carbocycles. The Labute approximate surface area is 196 Å². The van der Waals surface area contributed by atoms with E-state index in [4.69, 9.17) is 9.47 Å². The Balaban J connectivity index is 1.66. The maximum atomic E-state index is 12.5. The minimum atomic E-state index is -0.340. The Morgan fingerprint density at radius 2 is 1.91 bits per heavy atom. The van der Waals surface area contributed by atoms with Crippen molar-refractivity contribution in [2.75, 3.05) is 24.4 Å². The normalized spacial score (nSPS) is 11.6. The van der Waals surface area contributed by atoms with Crippen molar-refractivity contribution >= 4 is 35.1 Å². The number of allylic oxidation sites excluding steroid dienone is 1. The van der Waals surface area contributed by atoms with Crippen LogP contribution >= 0.6 is 23.5 Å². The van der Waals surface area contributed by atoms with E-state index in [1.165, 1.54) is 11.8 Å². The van der Waals surface area contributed by atoms with Gasteiger partial charge in [0.2, 0.25) is 5.91 Å². The zero-order valence-corrected chi connectivity index (χ0v) is 19.9. The SMILES string of the molecule is C=CCn1c(SCC(=O)Nc2ccccc2SC)nnc1C(C)Oc1ccc(OC)cc1. The Kier molecular flexibility index (Phi) is 8.64. The minimum Gasteiger partial charge on any atom is -0.497 e. The molecule has 1 atom stereocenters. The first-order valence-corrected chi connectivity index (χ1v) is 12.2. The van der Waals surface area contributed by atoms with Gasteiger partial charge in [0.1, 0.15) is 11.5 Å². The van der Waals surface area contributed by atoms with E-state index in [9.17, 15) is 4.79 Å². The van der Waals surface area contributed by atoms with Crippen LogP contribution in [0.15, 0.2) is 71.2 Å². The van der Waals surface area contributed by atoms with Crippen LogP contribution in [-0.2, 0) is 11.3 Å². The third-order valence-electron chi connectivity index (χ3n) is 4.51. The number of hydrogen-bond acceptors (Lipinski definition) is 7. The predicted molar refractivity (Wildman–Crippen MR) is 130 cm³/mol. The second-order valence-electron chi connectivity index (χ2n) is 6.71. The van der Waals surface area contributed by atoms with Gasteiger partial charge in [0, 0.05) is 11.4 Å². The van der Waals surface area contributed by atoms with E-state index in [2.05, 4.69) is 22.1 Å². The van der Waals surface area contributed by atoms with Crippen LogP contribution in [0, 0.1) is 0 Å². The van der Waals surface area contributed by atoms with Crippen molar-refractivity contribution < 1.29 is 14.3 Å². The van der Waals surface area contributed by atoms with E-state index in [0.717, 1.165) is 16.3 Å². The van der Waals surface area contributed by atoms with Crippen LogP contribution < -0.4 is 14.8 Å². The number of para-hydroxylation sites is 1. The van der Waals surface area contributed by atoms with Gasteiger partial charge in [0.15, 0.2) is 17.1 Å². The predicted octanol–water partition coefficient (Wildman–Crippen LogP) is 5.07. The summed E-state index contributed by atoms with van der Waals surface area (Å²) >= 11 is 2.92. The summed E-state index contributed by atoms with van der Waals surface area (Å²) in [5, 5.41) is 12.2. The van der Waals surface area contributed by atoms with Crippen molar-refractivity contribution in [1.29, 1.82) is 0 Å². The van der Waals surface area contributed by atoms with Crippen molar-refractivity contribution in [3.05, 3.63) is 67.0 Å². The summed E-state index contributed by atoms with van der Waals surface area (Å²) in [5.41, 5.74) is 0.806. The van der Waals surface area contributed by atoms with Crippen molar-refractivity contribution in [3.8, 4) is 11.5 Å². The van der Waals surface area contributed by atoms with Crippen LogP contribution in [-0.4, -0.2) is 39.8 Å². The van der Waals surface area contributed by atoms with Crippen molar-refractivity contribution in [2.24, 2.45) is 0 Å². The summed E-state index contributed by atoms with van der Waals surface area (Å²) < 4.78 is 13.1. The van der Waals surface area contributed by atoms with Gasteiger partial charge in [-0.15, -0.1) is 28.5 Å². The number of carbonyl (C=O) groups excluding carboxylic acids is 1. The minimum absolute atomic E-state index is 0.103. The van der Waals surface area contributed by atoms with Gasteiger partial charge in [-0.3, -0.25) is 9.36 Å². The number of hydrogen-bond donors (Lipinski definition) is 1. The van der Waals surface area contributed by atoms with E-state index in [-0.39, 0.29) is 17.8 Å². The maximum absolute atomic E-state index is 12.5. The summed E-state index contributed by atoms with van der Waals surface area (Å²) in [6, 6.07) is 15.1. The molecular formula is C23H26N4O3S2. The highest BCUT2D eigenvalue weighted by molar-refractivity contribution is 7.99. The smallest absolute Gasteiger partial charge is 0.234 e. The number of rotatable bonds is 11. The molecule has 3 rings (SSSR count). The highest BCUT2D eigenvalue weighted by Crippen LogP contribution is 2.27. The van der Waals surface area contributed by atoms with Crippen molar-refractivity contribution in [1.82, 2.24) is 14.8 Å². The highest BCUT2D eigenvalue weighted by atomic mass is 32.2. The molecule has 1 aromatic heterocycles. The molecule has 0 bridgehead atoms. The van der Waals surface area contributed by atoms with Gasteiger partial charge in [-0.05, 0) is 49.6 Å². The number of methoxy groups -OCH3 is 1. The van der Waals surface area contributed by atoms with Gasteiger partial charge in [-0.1, -0.05) is 30.0 Å². The fourth-order valence-electron chi connectivity index (χ4n) is 2.98. The molecule has 1 heterocycles. The number of benzene rings is 2. The lowest BCUT2D eigenvalue weighted by Gasteiger charge is -2.16. The number of nitrogens with zero attached hydrogens (tertiary/aromatic N) is 3. The van der Waals surface area contributed by atoms with Crippen LogP contribution in [0.5, 0.6) is 11.5 Å². The average Bonchev–Trinajstić information content (AvgIpc) is 3.21. The summed E-state index contributed by atoms with van der Waals surface area (Å²) in [4.78, 5) is 13.5. The molecule has 0 fully saturated rings. The van der Waals surface area contributed by atoms with Crippen LogP contribution in [0.2, 0.25) is 0 Å². The molecule has 9 heteroatoms. The van der Waals surface area contributed by atoms with Crippen LogP contribution in [0.25, 0.3) is 0 Å². The lowest BCUT2D eigenvalue weighted by atomic mass is 10.3. The van der Waals surface area contributed by atoms with Gasteiger partial charge >= 0.3 is 0 Å². The first-order chi connectivity index (χ1) is 15.5. The Morgan fingerprint density at radius 3 is 2.59 bits per heavy atom. The van der Waals surface area contributed by atoms with Crippen molar-refractivity contribution in [2.45, 2.75) is 29.6 Å². The lowest BCUT2D eigenvalue weighted by molar-refractivity contribution is -0.113. The number of carbonyl (C=O) groups is 1. The van der Waals surface area contributed by atoms with Crippen LogP contribution in [0.3, 0.4) is 0 Å². The number of amides is 1. The Morgan fingerprint density at radius 1 is 1.19 bits per heavy atom. The third-order valence-corrected chi connectivity index (χ3v) is 6.27. The molecule has 0 spiro atoms. The zero-order chi connectivity index (χ0) is 22.9. The largest absolute Gasteiger partial charge is 0.497 e. The molecule has 168 valence electrons. The number of ether oxygens (including phenoxy) is 2. The maximum Gasteiger partial charge on any atom is 0.234 e. The molecule has 0 saturated heterocycles. The van der Waals surface area contributed by atoms with Crippen LogP contribution in [0.1, 0.15) is 18.9 Å². The summed E-state index contributed by atoms with van der Waals surface area (Å²) in [5.74, 6) is 2.24. The Hall–Kier alpha value is -2.91. The van der Waals surface area contributed by atoms with Gasteiger partial charge in [-0.25, -0.2) is 0 Å². The average molecular weight is 471 g/mol. The lowest BCUT2D eigenvalue weighted by Crippen LogP contribution is -2.16. The van der Waals surface area contributed by atoms with E-state index >= 15 is 0 Å². The molecular weight excluding hydrogens is 444 g/mol. The van der Waals surface area contributed by atoms with E-state index in [1.54, 1.807) is 24.9 Å². The van der Waals surface area contributed by atoms with Gasteiger partial charge in [0.05, 0.1) is 18.6 Å². The molecule has 0 aliphatic heterocycles. The van der Waals surface area contributed by atoms with E-state index in [0.29, 0.717) is 23.3 Å². The quantitative estimate of drug-likeness (QED) is 0.310. The molecule has 1 N–H and O–H groups in total. The second-order valence-corrected chi connectivity index (χ2v) is 8.50. The second kappa shape index (κ2) is 11.6. The first-order valence-electron chi connectivity index (χ1n) is 9.96. The summed E-state index contributed by atoms with van der Waals surface area (Å²) in [6.07, 6.45) is 3.41. The van der Waals surface area contributed by atoms with Gasteiger partial charge in [0.25, 0.3) is 0 Å². The topological polar surface area (TPSA) is 78.3 Å². The zero-order valence-electron chi connectivity index (χ0n) is 18.3. The molecule has 0 radical (unpaired) electrons. The molecule has 0 saturated carbocycles. The summed E-state index contributed by atoms with van der Waals surface area (Å²) in [7, 11) is 1.62. The van der Waals surface area contributed by atoms with Crippen molar-refractivity contribution in [3.63, 3.8) is 0 Å². The monoisotopic (exact) mass is 470 g/mol. The highest BCUT2D eigenvalue weighted by Gasteiger charge is 2.20. The summed E-state index contributed by atoms with van der Waals surface area (Å²) in [6.45, 7) is 6.25. The number of anilines is 1. The number of nitrogens with one attached hydrogen (secondary N) is 1. The fourth-order valence-corrected chi connectivity index (χ4v) is 4.29. The molecule has 0 aliphatic rings. The molecule has 1 amide bonds. The molecule has 0 aliphatic carbocycles. The first kappa shape index (κ1) is 23.7. The van der Waals surface area contributed by atoms with Crippen LogP contribution in [0.4, 0.5) is 5.69 Å². The number of thioether (sulfide) groups is 2. The standard InChI is InChI=1S/C23H26N4O3S2/c1-5-14-27-22(16(2)30-18-12-10-17(29-3)11-13-18)25-26-23(27)32-15-21(28)24-19-8-6-7-9-20(19)31-4/h5-13,16H,1,14-15H2,2-4H3,(H,24,28). The van der Waals surface area contributed by atoms with Gasteiger partial charge < -0.3 is 14.8 Å². The van der Waals surface area contributed by atoms with E-state index in [1.807, 2.05) is 66.3 Å². The third kappa shape index (κ3) is 6.08. The Bertz CT molecular complexity index is 1050. The molecule has 7 nitrogen and oxygen atoms in total. The molecule has 1 unspecified atom stereocenters. The fraction of sp³-hybridized carbons (Fsp3) is 0.261. The van der Waals surface area contributed by atoms with Gasteiger partial charge in [-0.2, -0.15) is 0 Å². The number of aromatic nitrogens is 3. The molecule has 3 aromatic rings.